The van der Waals surface area contributed by atoms with Gasteiger partial charge in [0.15, 0.2) is 5.75 Å². The first-order valence-corrected chi connectivity index (χ1v) is 14.9. The Bertz CT molecular complexity index is 1700. The Labute approximate surface area is 266 Å². The van der Waals surface area contributed by atoms with Crippen LogP contribution in [0.5, 0.6) is 5.75 Å². The van der Waals surface area contributed by atoms with Crippen LogP contribution >= 0.6 is 0 Å². The maximum Gasteiger partial charge on any atom is 0.416 e. The van der Waals surface area contributed by atoms with Crippen molar-refractivity contribution in [3.8, 4) is 17.0 Å². The summed E-state index contributed by atoms with van der Waals surface area (Å²) in [6.45, 7) is 11.4. The van der Waals surface area contributed by atoms with Crippen molar-refractivity contribution in [2.45, 2.75) is 79.3 Å². The lowest BCUT2D eigenvalue weighted by Gasteiger charge is -2.26. The molecule has 0 saturated heterocycles. The molecule has 2 aromatic carbocycles. The number of ether oxygens (including phenoxy) is 1. The van der Waals surface area contributed by atoms with Crippen molar-refractivity contribution in [2.24, 2.45) is 0 Å². The van der Waals surface area contributed by atoms with E-state index >= 15 is 0 Å². The van der Waals surface area contributed by atoms with E-state index in [-0.39, 0.29) is 32.1 Å². The van der Waals surface area contributed by atoms with Gasteiger partial charge in [0.2, 0.25) is 5.95 Å². The van der Waals surface area contributed by atoms with Gasteiger partial charge in [-0.2, -0.15) is 13.2 Å². The fourth-order valence-corrected chi connectivity index (χ4v) is 5.07. The second-order valence-corrected chi connectivity index (χ2v) is 12.1. The number of hydrogen-bond donors (Lipinski definition) is 2. The normalized spacial score (nSPS) is 11.9. The van der Waals surface area contributed by atoms with Gasteiger partial charge < -0.3 is 19.8 Å². The molecule has 11 heteroatoms. The fraction of sp³-hybridized carbons (Fsp3) is 0.371. The van der Waals surface area contributed by atoms with Crippen LogP contribution < -0.4 is 9.64 Å². The van der Waals surface area contributed by atoms with Crippen LogP contribution in [0.2, 0.25) is 0 Å². The van der Waals surface area contributed by atoms with Crippen LogP contribution in [0.4, 0.5) is 19.1 Å². The Hall–Kier alpha value is -4.51. The van der Waals surface area contributed by atoms with E-state index in [0.29, 0.717) is 34.7 Å². The number of aryl methyl sites for hydroxylation is 4. The van der Waals surface area contributed by atoms with Crippen LogP contribution in [-0.2, 0) is 29.7 Å². The highest BCUT2D eigenvalue weighted by molar-refractivity contribution is 5.69. The summed E-state index contributed by atoms with van der Waals surface area (Å²) in [5, 5.41) is 19.5. The lowest BCUT2D eigenvalue weighted by molar-refractivity contribution is -0.138. The smallest absolute Gasteiger partial charge is 0.416 e. The van der Waals surface area contributed by atoms with Crippen LogP contribution in [0.15, 0.2) is 54.9 Å². The summed E-state index contributed by atoms with van der Waals surface area (Å²) in [6, 6.07) is 11.7. The van der Waals surface area contributed by atoms with Gasteiger partial charge in [0.1, 0.15) is 5.60 Å². The lowest BCUT2D eigenvalue weighted by atomic mass is 9.94. The molecule has 244 valence electrons. The number of anilines is 1. The van der Waals surface area contributed by atoms with Crippen LogP contribution in [0.3, 0.4) is 0 Å². The Morgan fingerprint density at radius 3 is 2.22 bits per heavy atom. The zero-order valence-corrected chi connectivity index (χ0v) is 26.9. The molecule has 0 atom stereocenters. The number of carbonyl (C=O) groups is 1. The molecule has 4 aromatic rings. The van der Waals surface area contributed by atoms with E-state index in [0.717, 1.165) is 39.9 Å². The molecule has 0 bridgehead atoms. The Balaban J connectivity index is 1.78. The minimum atomic E-state index is -4.50. The van der Waals surface area contributed by atoms with Gasteiger partial charge in [0, 0.05) is 25.1 Å². The third kappa shape index (κ3) is 8.81. The van der Waals surface area contributed by atoms with Gasteiger partial charge in [-0.1, -0.05) is 23.8 Å². The van der Waals surface area contributed by atoms with E-state index in [1.54, 1.807) is 37.8 Å². The van der Waals surface area contributed by atoms with Crippen molar-refractivity contribution in [3.63, 3.8) is 0 Å². The highest BCUT2D eigenvalue weighted by Gasteiger charge is 2.31. The molecule has 4 rings (SSSR count). The van der Waals surface area contributed by atoms with Crippen LogP contribution in [0.1, 0.15) is 71.3 Å². The lowest BCUT2D eigenvalue weighted by Crippen LogP contribution is -2.25. The first-order chi connectivity index (χ1) is 21.5. The monoisotopic (exact) mass is 636 g/mol. The average molecular weight is 637 g/mol. The van der Waals surface area contributed by atoms with Gasteiger partial charge in [0.25, 0.3) is 0 Å². The molecular formula is C35H39F3N4O4. The third-order valence-corrected chi connectivity index (χ3v) is 7.60. The van der Waals surface area contributed by atoms with E-state index in [2.05, 4.69) is 9.97 Å². The standard InChI is InChI=1S/C35H39F3N4O4/c1-21-12-25(16-27(13-21)35(36,37)38)19-42(33-39-17-28(18-40-33)46-11-7-8-31(43)44)20-26-14-23(3)24(4)15-29(26)32-22(2)9-10-30(41-32)34(5,6)45/h9-10,12-18,45H,7-8,11,19-20H2,1-6H3,(H,43,44). The highest BCUT2D eigenvalue weighted by Crippen LogP contribution is 2.34. The van der Waals surface area contributed by atoms with Crippen molar-refractivity contribution in [2.75, 3.05) is 11.5 Å². The van der Waals surface area contributed by atoms with Gasteiger partial charge in [0.05, 0.1) is 36.0 Å². The van der Waals surface area contributed by atoms with E-state index < -0.39 is 23.3 Å². The third-order valence-electron chi connectivity index (χ3n) is 7.60. The number of pyridine rings is 1. The quantitative estimate of drug-likeness (QED) is 0.154. The number of alkyl halides is 3. The topological polar surface area (TPSA) is 109 Å². The molecule has 2 aromatic heterocycles. The minimum absolute atomic E-state index is 0.0333. The number of aliphatic carboxylic acids is 1. The van der Waals surface area contributed by atoms with Crippen molar-refractivity contribution in [1.29, 1.82) is 0 Å². The molecule has 0 unspecified atom stereocenters. The number of aromatic nitrogens is 3. The number of hydrogen-bond acceptors (Lipinski definition) is 7. The largest absolute Gasteiger partial charge is 0.490 e. The number of carboxylic acids is 1. The van der Waals surface area contributed by atoms with Gasteiger partial charge in [-0.15, -0.1) is 0 Å². The van der Waals surface area contributed by atoms with Crippen molar-refractivity contribution in [1.82, 2.24) is 15.0 Å². The first-order valence-electron chi connectivity index (χ1n) is 14.9. The van der Waals surface area contributed by atoms with Crippen LogP contribution in [-0.4, -0.2) is 37.7 Å². The van der Waals surface area contributed by atoms with Crippen LogP contribution in [0, 0.1) is 27.7 Å². The molecule has 0 spiro atoms. The molecule has 0 aliphatic rings. The predicted octanol–water partition coefficient (Wildman–Crippen LogP) is 7.47. The molecule has 2 N–H and O–H groups in total. The molecule has 0 saturated carbocycles. The van der Waals surface area contributed by atoms with Crippen molar-refractivity contribution >= 4 is 11.9 Å². The number of benzene rings is 2. The van der Waals surface area contributed by atoms with E-state index in [1.807, 2.05) is 39.0 Å². The van der Waals surface area contributed by atoms with Gasteiger partial charge in [-0.3, -0.25) is 4.79 Å². The molecule has 0 amide bonds. The highest BCUT2D eigenvalue weighted by atomic mass is 19.4. The average Bonchev–Trinajstić information content (AvgIpc) is 2.96. The van der Waals surface area contributed by atoms with Gasteiger partial charge in [-0.05, 0) is 100 Å². The van der Waals surface area contributed by atoms with E-state index in [1.165, 1.54) is 12.4 Å². The Kier molecular flexibility index (Phi) is 10.4. The summed E-state index contributed by atoms with van der Waals surface area (Å²) in [6.07, 6.45) is -1.29. The minimum Gasteiger partial charge on any atom is -0.490 e. The maximum absolute atomic E-state index is 13.7. The summed E-state index contributed by atoms with van der Waals surface area (Å²) < 4.78 is 46.8. The van der Waals surface area contributed by atoms with Crippen molar-refractivity contribution in [3.05, 3.63) is 99.5 Å². The van der Waals surface area contributed by atoms with Crippen molar-refractivity contribution < 1.29 is 32.9 Å². The predicted molar refractivity (Wildman–Crippen MR) is 170 cm³/mol. The summed E-state index contributed by atoms with van der Waals surface area (Å²) in [5.41, 5.74) is 4.87. The molecule has 8 nitrogen and oxygen atoms in total. The number of nitrogens with zero attached hydrogens (tertiary/aromatic N) is 4. The second-order valence-electron chi connectivity index (χ2n) is 12.1. The fourth-order valence-electron chi connectivity index (χ4n) is 5.07. The Morgan fingerprint density at radius 1 is 0.913 bits per heavy atom. The van der Waals surface area contributed by atoms with Gasteiger partial charge in [-0.25, -0.2) is 15.0 Å². The van der Waals surface area contributed by atoms with E-state index in [4.69, 9.17) is 14.8 Å². The summed E-state index contributed by atoms with van der Waals surface area (Å²) in [4.78, 5) is 26.4. The summed E-state index contributed by atoms with van der Waals surface area (Å²) in [5.74, 6) is -0.301. The zero-order chi connectivity index (χ0) is 33.8. The van der Waals surface area contributed by atoms with E-state index in [9.17, 15) is 23.1 Å². The molecule has 0 radical (unpaired) electrons. The Morgan fingerprint density at radius 2 is 1.59 bits per heavy atom. The maximum atomic E-state index is 13.7. The molecule has 0 aliphatic heterocycles. The first kappa shape index (κ1) is 34.4. The molecule has 2 heterocycles. The number of aliphatic hydroxyl groups is 1. The summed E-state index contributed by atoms with van der Waals surface area (Å²) in [7, 11) is 0. The molecule has 46 heavy (non-hydrogen) atoms. The number of halogens is 3. The molecular weight excluding hydrogens is 597 g/mol. The number of rotatable bonds is 12. The second kappa shape index (κ2) is 13.9. The zero-order valence-electron chi connectivity index (χ0n) is 26.9. The van der Waals surface area contributed by atoms with Gasteiger partial charge >= 0.3 is 12.1 Å². The molecule has 0 aliphatic carbocycles. The van der Waals surface area contributed by atoms with Crippen LogP contribution in [0.25, 0.3) is 11.3 Å². The SMILES string of the molecule is Cc1cc(CN(Cc2cc(C)c(C)cc2-c2nc(C(C)(C)O)ccc2C)c2ncc(OCCCC(=O)O)cn2)cc(C(F)(F)F)c1. The summed E-state index contributed by atoms with van der Waals surface area (Å²) >= 11 is 0. The number of carboxylic acid groups (broad SMARTS) is 1. The molecule has 0 fully saturated rings.